The number of aromatic nitrogens is 2. The number of carbonyl (C=O) groups is 1. The van der Waals surface area contributed by atoms with E-state index in [-0.39, 0.29) is 5.91 Å². The molecule has 0 radical (unpaired) electrons. The fourth-order valence-electron chi connectivity index (χ4n) is 2.22. The summed E-state index contributed by atoms with van der Waals surface area (Å²) in [6.07, 6.45) is 1.60. The predicted octanol–water partition coefficient (Wildman–Crippen LogP) is 3.50. The van der Waals surface area contributed by atoms with Gasteiger partial charge in [0.05, 0.1) is 25.7 Å². The van der Waals surface area contributed by atoms with E-state index >= 15 is 0 Å². The molecule has 142 valence electrons. The summed E-state index contributed by atoms with van der Waals surface area (Å²) in [6.45, 7) is 1.10. The van der Waals surface area contributed by atoms with Gasteiger partial charge in [0.1, 0.15) is 11.5 Å². The number of rotatable bonds is 9. The lowest BCUT2D eigenvalue weighted by Crippen LogP contribution is -2.27. The number of thioether (sulfide) groups is 1. The summed E-state index contributed by atoms with van der Waals surface area (Å²) in [7, 11) is 3.40. The van der Waals surface area contributed by atoms with Crippen LogP contribution in [0.15, 0.2) is 51.4 Å². The zero-order chi connectivity index (χ0) is 19.1. The number of nitrogens with zero attached hydrogens (tertiary/aromatic N) is 3. The van der Waals surface area contributed by atoms with Crippen LogP contribution < -0.4 is 10.1 Å². The number of amides is 1. The van der Waals surface area contributed by atoms with E-state index in [0.717, 1.165) is 26.5 Å². The lowest BCUT2D eigenvalue weighted by molar-refractivity contribution is -0.127. The third kappa shape index (κ3) is 5.73. The van der Waals surface area contributed by atoms with E-state index in [0.29, 0.717) is 18.8 Å². The fourth-order valence-corrected chi connectivity index (χ4v) is 3.91. The maximum Gasteiger partial charge on any atom is 0.233 e. The SMILES string of the molecule is COc1ccc(CNc2nnc(SCC(=O)N(C)Cc3ccco3)s2)cc1. The molecule has 0 spiro atoms. The largest absolute Gasteiger partial charge is 0.497 e. The molecule has 2 heterocycles. The minimum absolute atomic E-state index is 0.0133. The van der Waals surface area contributed by atoms with Crippen LogP contribution in [0.25, 0.3) is 0 Å². The Kier molecular flexibility index (Phi) is 6.72. The molecule has 0 unspecified atom stereocenters. The van der Waals surface area contributed by atoms with Gasteiger partial charge in [0.2, 0.25) is 11.0 Å². The average molecular weight is 405 g/mol. The Morgan fingerprint density at radius 3 is 2.81 bits per heavy atom. The highest BCUT2D eigenvalue weighted by molar-refractivity contribution is 8.01. The lowest BCUT2D eigenvalue weighted by atomic mass is 10.2. The van der Waals surface area contributed by atoms with E-state index in [1.165, 1.54) is 23.1 Å². The lowest BCUT2D eigenvalue weighted by Gasteiger charge is -2.14. The second-order valence-electron chi connectivity index (χ2n) is 5.69. The molecule has 3 rings (SSSR count). The number of furan rings is 1. The maximum absolute atomic E-state index is 12.2. The molecule has 0 aliphatic rings. The Bertz CT molecular complexity index is 850. The molecule has 0 aliphatic heterocycles. The number of anilines is 1. The third-order valence-corrected chi connectivity index (χ3v) is 5.73. The standard InChI is InChI=1S/C18H20N4O3S2/c1-22(11-15-4-3-9-25-15)16(23)12-26-18-21-20-17(27-18)19-10-13-5-7-14(24-2)8-6-13/h3-9H,10-12H2,1-2H3,(H,19,20). The quantitative estimate of drug-likeness (QED) is 0.547. The molecule has 0 fully saturated rings. The van der Waals surface area contributed by atoms with E-state index in [2.05, 4.69) is 15.5 Å². The van der Waals surface area contributed by atoms with Crippen LogP contribution in [-0.2, 0) is 17.9 Å². The highest BCUT2D eigenvalue weighted by atomic mass is 32.2. The molecule has 3 aromatic rings. The van der Waals surface area contributed by atoms with Crippen LogP contribution in [0, 0.1) is 0 Å². The van der Waals surface area contributed by atoms with Gasteiger partial charge in [0, 0.05) is 13.6 Å². The molecular formula is C18H20N4O3S2. The maximum atomic E-state index is 12.2. The molecule has 0 saturated heterocycles. The summed E-state index contributed by atoms with van der Waals surface area (Å²) in [6, 6.07) is 11.5. The van der Waals surface area contributed by atoms with Crippen molar-refractivity contribution in [1.29, 1.82) is 0 Å². The van der Waals surface area contributed by atoms with E-state index in [1.807, 2.05) is 36.4 Å². The van der Waals surface area contributed by atoms with Crippen molar-refractivity contribution in [3.63, 3.8) is 0 Å². The molecule has 0 bridgehead atoms. The fraction of sp³-hybridized carbons (Fsp3) is 0.278. The van der Waals surface area contributed by atoms with E-state index in [9.17, 15) is 4.79 Å². The minimum Gasteiger partial charge on any atom is -0.497 e. The first-order valence-corrected chi connectivity index (χ1v) is 10.0. The summed E-state index contributed by atoms with van der Waals surface area (Å²) in [5.41, 5.74) is 1.12. The van der Waals surface area contributed by atoms with E-state index < -0.39 is 0 Å². The first-order valence-electron chi connectivity index (χ1n) is 8.23. The average Bonchev–Trinajstić information content (AvgIpc) is 3.36. The number of nitrogens with one attached hydrogen (secondary N) is 1. The molecule has 0 saturated carbocycles. The second kappa shape index (κ2) is 9.43. The molecule has 27 heavy (non-hydrogen) atoms. The van der Waals surface area contributed by atoms with Gasteiger partial charge in [-0.05, 0) is 29.8 Å². The summed E-state index contributed by atoms with van der Waals surface area (Å²) < 4.78 is 11.2. The van der Waals surface area contributed by atoms with E-state index in [1.54, 1.807) is 25.3 Å². The van der Waals surface area contributed by atoms with Gasteiger partial charge in [-0.25, -0.2) is 0 Å². The molecule has 2 aromatic heterocycles. The second-order valence-corrected chi connectivity index (χ2v) is 7.89. The minimum atomic E-state index is 0.0133. The predicted molar refractivity (Wildman–Crippen MR) is 106 cm³/mol. The Morgan fingerprint density at radius 2 is 2.11 bits per heavy atom. The number of benzene rings is 1. The number of hydrogen-bond donors (Lipinski definition) is 1. The zero-order valence-corrected chi connectivity index (χ0v) is 16.7. The van der Waals surface area contributed by atoms with Gasteiger partial charge in [0.15, 0.2) is 4.34 Å². The van der Waals surface area contributed by atoms with Crippen molar-refractivity contribution in [3.05, 3.63) is 54.0 Å². The van der Waals surface area contributed by atoms with Crippen molar-refractivity contribution >= 4 is 34.1 Å². The topological polar surface area (TPSA) is 80.5 Å². The van der Waals surface area contributed by atoms with Gasteiger partial charge in [-0.3, -0.25) is 4.79 Å². The van der Waals surface area contributed by atoms with Crippen molar-refractivity contribution < 1.29 is 13.9 Å². The Morgan fingerprint density at radius 1 is 1.30 bits per heavy atom. The Balaban J connectivity index is 1.43. The molecule has 1 N–H and O–H groups in total. The number of hydrogen-bond acceptors (Lipinski definition) is 8. The summed E-state index contributed by atoms with van der Waals surface area (Å²) in [5.74, 6) is 1.91. The normalized spacial score (nSPS) is 10.6. The van der Waals surface area contributed by atoms with Crippen molar-refractivity contribution in [2.45, 2.75) is 17.4 Å². The molecule has 9 heteroatoms. The van der Waals surface area contributed by atoms with Crippen LogP contribution in [0.3, 0.4) is 0 Å². The number of ether oxygens (including phenoxy) is 1. The van der Waals surface area contributed by atoms with Gasteiger partial charge < -0.3 is 19.4 Å². The summed E-state index contributed by atoms with van der Waals surface area (Å²) in [4.78, 5) is 13.8. The molecule has 0 atom stereocenters. The third-order valence-electron chi connectivity index (χ3n) is 3.73. The van der Waals surface area contributed by atoms with Crippen molar-refractivity contribution in [2.75, 3.05) is 25.2 Å². The molecule has 1 aromatic carbocycles. The van der Waals surface area contributed by atoms with Crippen molar-refractivity contribution in [3.8, 4) is 5.75 Å². The van der Waals surface area contributed by atoms with E-state index in [4.69, 9.17) is 9.15 Å². The van der Waals surface area contributed by atoms with Crippen LogP contribution in [0.2, 0.25) is 0 Å². The number of carbonyl (C=O) groups excluding carboxylic acids is 1. The molecule has 0 aliphatic carbocycles. The Hall–Kier alpha value is -2.52. The van der Waals surface area contributed by atoms with Gasteiger partial charge in [-0.1, -0.05) is 35.2 Å². The molecular weight excluding hydrogens is 384 g/mol. The molecule has 1 amide bonds. The van der Waals surface area contributed by atoms with Crippen LogP contribution in [0.5, 0.6) is 5.75 Å². The summed E-state index contributed by atoms with van der Waals surface area (Å²) >= 11 is 2.82. The van der Waals surface area contributed by atoms with Crippen LogP contribution in [-0.4, -0.2) is 40.9 Å². The van der Waals surface area contributed by atoms with Gasteiger partial charge >= 0.3 is 0 Å². The van der Waals surface area contributed by atoms with Gasteiger partial charge in [-0.2, -0.15) is 0 Å². The van der Waals surface area contributed by atoms with Crippen molar-refractivity contribution in [1.82, 2.24) is 15.1 Å². The highest BCUT2D eigenvalue weighted by Crippen LogP contribution is 2.26. The zero-order valence-electron chi connectivity index (χ0n) is 15.0. The number of methoxy groups -OCH3 is 1. The summed E-state index contributed by atoms with van der Waals surface area (Å²) in [5, 5.41) is 12.2. The highest BCUT2D eigenvalue weighted by Gasteiger charge is 2.13. The van der Waals surface area contributed by atoms with Gasteiger partial charge in [-0.15, -0.1) is 10.2 Å². The smallest absolute Gasteiger partial charge is 0.233 e. The van der Waals surface area contributed by atoms with Crippen LogP contribution in [0.4, 0.5) is 5.13 Å². The first kappa shape index (κ1) is 19.2. The van der Waals surface area contributed by atoms with Gasteiger partial charge in [0.25, 0.3) is 0 Å². The Labute approximate surface area is 165 Å². The van der Waals surface area contributed by atoms with Crippen LogP contribution >= 0.6 is 23.1 Å². The monoisotopic (exact) mass is 404 g/mol. The molecule has 7 nitrogen and oxygen atoms in total. The van der Waals surface area contributed by atoms with Crippen LogP contribution in [0.1, 0.15) is 11.3 Å². The first-order chi connectivity index (χ1) is 13.1. The van der Waals surface area contributed by atoms with Crippen molar-refractivity contribution in [2.24, 2.45) is 0 Å².